The Labute approximate surface area is 93.7 Å². The topological polar surface area (TPSA) is 70.1 Å². The molecule has 0 saturated heterocycles. The van der Waals surface area contributed by atoms with Crippen LogP contribution in [0.3, 0.4) is 0 Å². The SMILES string of the molecule is N=C(N)c1cccc(-c2ccccc2)c1O. The second-order valence-corrected chi connectivity index (χ2v) is 3.48. The van der Waals surface area contributed by atoms with E-state index in [0.29, 0.717) is 11.1 Å². The Balaban J connectivity index is 2.59. The number of hydrogen-bond acceptors (Lipinski definition) is 2. The maximum Gasteiger partial charge on any atom is 0.134 e. The fourth-order valence-electron chi connectivity index (χ4n) is 1.61. The molecule has 0 aliphatic rings. The highest BCUT2D eigenvalue weighted by Crippen LogP contribution is 2.31. The van der Waals surface area contributed by atoms with Gasteiger partial charge in [-0.1, -0.05) is 42.5 Å². The van der Waals surface area contributed by atoms with Gasteiger partial charge in [0.15, 0.2) is 0 Å². The van der Waals surface area contributed by atoms with E-state index in [9.17, 15) is 5.11 Å². The summed E-state index contributed by atoms with van der Waals surface area (Å²) in [4.78, 5) is 0. The minimum absolute atomic E-state index is 0.0567. The number of phenols is 1. The molecule has 3 nitrogen and oxygen atoms in total. The van der Waals surface area contributed by atoms with Gasteiger partial charge < -0.3 is 10.8 Å². The predicted molar refractivity (Wildman–Crippen MR) is 64.6 cm³/mol. The molecule has 0 aliphatic carbocycles. The zero-order chi connectivity index (χ0) is 11.5. The molecule has 0 aromatic heterocycles. The van der Waals surface area contributed by atoms with Gasteiger partial charge in [-0.25, -0.2) is 0 Å². The summed E-state index contributed by atoms with van der Waals surface area (Å²) in [5, 5.41) is 17.3. The number of amidine groups is 1. The standard InChI is InChI=1S/C13H12N2O/c14-13(15)11-8-4-7-10(12(11)16)9-5-2-1-3-6-9/h1-8,16H,(H3,14,15). The van der Waals surface area contributed by atoms with Crippen LogP contribution in [0.5, 0.6) is 5.75 Å². The van der Waals surface area contributed by atoms with Crippen LogP contribution in [-0.2, 0) is 0 Å². The Hall–Kier alpha value is -2.29. The van der Waals surface area contributed by atoms with Gasteiger partial charge in [0.05, 0.1) is 5.56 Å². The molecule has 0 radical (unpaired) electrons. The first-order chi connectivity index (χ1) is 7.70. The number of rotatable bonds is 2. The molecule has 3 heteroatoms. The van der Waals surface area contributed by atoms with Gasteiger partial charge in [0.1, 0.15) is 11.6 Å². The van der Waals surface area contributed by atoms with Crippen molar-refractivity contribution in [2.24, 2.45) is 5.73 Å². The third-order valence-corrected chi connectivity index (χ3v) is 2.41. The third-order valence-electron chi connectivity index (χ3n) is 2.41. The van der Waals surface area contributed by atoms with Gasteiger partial charge in [-0.15, -0.1) is 0 Å². The van der Waals surface area contributed by atoms with Crippen LogP contribution in [0, 0.1) is 5.41 Å². The molecule has 0 amide bonds. The molecule has 2 aromatic rings. The quantitative estimate of drug-likeness (QED) is 0.528. The predicted octanol–water partition coefficient (Wildman–Crippen LogP) is 2.34. The lowest BCUT2D eigenvalue weighted by Gasteiger charge is -2.08. The van der Waals surface area contributed by atoms with E-state index in [4.69, 9.17) is 11.1 Å². The molecule has 2 aromatic carbocycles. The van der Waals surface area contributed by atoms with Gasteiger partial charge in [-0.05, 0) is 11.6 Å². The molecule has 2 rings (SSSR count). The van der Waals surface area contributed by atoms with Crippen LogP contribution >= 0.6 is 0 Å². The van der Waals surface area contributed by atoms with Gasteiger partial charge in [0.25, 0.3) is 0 Å². The molecule has 16 heavy (non-hydrogen) atoms. The summed E-state index contributed by atoms with van der Waals surface area (Å²) in [6.45, 7) is 0. The first kappa shape index (κ1) is 10.2. The molecule has 0 heterocycles. The van der Waals surface area contributed by atoms with Crippen molar-refractivity contribution in [3.8, 4) is 16.9 Å². The zero-order valence-corrected chi connectivity index (χ0v) is 8.64. The number of para-hydroxylation sites is 1. The van der Waals surface area contributed by atoms with Crippen LogP contribution in [-0.4, -0.2) is 10.9 Å². The Morgan fingerprint density at radius 1 is 1.00 bits per heavy atom. The zero-order valence-electron chi connectivity index (χ0n) is 8.64. The third kappa shape index (κ3) is 1.75. The van der Waals surface area contributed by atoms with Gasteiger partial charge in [-0.2, -0.15) is 0 Å². The fourth-order valence-corrected chi connectivity index (χ4v) is 1.61. The lowest BCUT2D eigenvalue weighted by Crippen LogP contribution is -2.11. The van der Waals surface area contributed by atoms with E-state index in [-0.39, 0.29) is 11.6 Å². The minimum atomic E-state index is -0.129. The van der Waals surface area contributed by atoms with Crippen molar-refractivity contribution in [2.75, 3.05) is 0 Å². The summed E-state index contributed by atoms with van der Waals surface area (Å²) < 4.78 is 0. The molecule has 0 atom stereocenters. The van der Waals surface area contributed by atoms with E-state index in [1.165, 1.54) is 0 Å². The van der Waals surface area contributed by atoms with E-state index in [1.54, 1.807) is 18.2 Å². The van der Waals surface area contributed by atoms with E-state index in [2.05, 4.69) is 0 Å². The number of nitrogens with one attached hydrogen (secondary N) is 1. The van der Waals surface area contributed by atoms with Gasteiger partial charge >= 0.3 is 0 Å². The second-order valence-electron chi connectivity index (χ2n) is 3.48. The van der Waals surface area contributed by atoms with Crippen molar-refractivity contribution in [3.63, 3.8) is 0 Å². The lowest BCUT2D eigenvalue weighted by atomic mass is 10.0. The first-order valence-electron chi connectivity index (χ1n) is 4.92. The van der Waals surface area contributed by atoms with Crippen LogP contribution in [0.1, 0.15) is 5.56 Å². The monoisotopic (exact) mass is 212 g/mol. The molecule has 4 N–H and O–H groups in total. The van der Waals surface area contributed by atoms with E-state index in [0.717, 1.165) is 5.56 Å². The number of aromatic hydroxyl groups is 1. The highest BCUT2D eigenvalue weighted by molar-refractivity contribution is 5.99. The highest BCUT2D eigenvalue weighted by atomic mass is 16.3. The first-order valence-corrected chi connectivity index (χ1v) is 4.92. The molecule has 0 unspecified atom stereocenters. The maximum atomic E-state index is 9.99. The second kappa shape index (κ2) is 4.06. The van der Waals surface area contributed by atoms with Crippen molar-refractivity contribution in [3.05, 3.63) is 54.1 Å². The number of phenolic OH excluding ortho intramolecular Hbond substituents is 1. The Kier molecular flexibility index (Phi) is 2.60. The normalized spacial score (nSPS) is 10.0. The summed E-state index contributed by atoms with van der Waals surface area (Å²) in [5.41, 5.74) is 7.34. The summed E-state index contributed by atoms with van der Waals surface area (Å²) in [6, 6.07) is 14.7. The Bertz CT molecular complexity index is 521. The largest absolute Gasteiger partial charge is 0.507 e. The Morgan fingerprint density at radius 3 is 2.31 bits per heavy atom. The van der Waals surface area contributed by atoms with Crippen molar-refractivity contribution in [1.29, 1.82) is 5.41 Å². The van der Waals surface area contributed by atoms with E-state index >= 15 is 0 Å². The summed E-state index contributed by atoms with van der Waals surface area (Å²) in [5.74, 6) is -0.0727. The van der Waals surface area contributed by atoms with Crippen LogP contribution in [0.15, 0.2) is 48.5 Å². The molecule has 80 valence electrons. The molecule has 0 spiro atoms. The number of nitrogens with two attached hydrogens (primary N) is 1. The van der Waals surface area contributed by atoms with Crippen molar-refractivity contribution < 1.29 is 5.11 Å². The highest BCUT2D eigenvalue weighted by Gasteiger charge is 2.09. The van der Waals surface area contributed by atoms with Crippen LogP contribution in [0.25, 0.3) is 11.1 Å². The molecule has 0 fully saturated rings. The van der Waals surface area contributed by atoms with Crippen LogP contribution in [0.4, 0.5) is 0 Å². The molecule has 0 saturated carbocycles. The molecular weight excluding hydrogens is 200 g/mol. The average molecular weight is 212 g/mol. The molecule has 0 aliphatic heterocycles. The fraction of sp³-hybridized carbons (Fsp3) is 0. The summed E-state index contributed by atoms with van der Waals surface area (Å²) >= 11 is 0. The van der Waals surface area contributed by atoms with Crippen molar-refractivity contribution in [2.45, 2.75) is 0 Å². The summed E-state index contributed by atoms with van der Waals surface area (Å²) in [7, 11) is 0. The van der Waals surface area contributed by atoms with Crippen molar-refractivity contribution in [1.82, 2.24) is 0 Å². The maximum absolute atomic E-state index is 9.99. The van der Waals surface area contributed by atoms with E-state index in [1.807, 2.05) is 30.3 Å². The van der Waals surface area contributed by atoms with Crippen molar-refractivity contribution >= 4 is 5.84 Å². The number of benzene rings is 2. The van der Waals surface area contributed by atoms with Crippen LogP contribution < -0.4 is 5.73 Å². The minimum Gasteiger partial charge on any atom is -0.507 e. The average Bonchev–Trinajstić information content (AvgIpc) is 2.30. The van der Waals surface area contributed by atoms with Gasteiger partial charge in [0, 0.05) is 5.56 Å². The number of nitrogen functional groups attached to an aromatic ring is 1. The Morgan fingerprint density at radius 2 is 1.69 bits per heavy atom. The molecule has 0 bridgehead atoms. The number of hydrogen-bond donors (Lipinski definition) is 3. The smallest absolute Gasteiger partial charge is 0.134 e. The molecular formula is C13H12N2O. The summed E-state index contributed by atoms with van der Waals surface area (Å²) in [6.07, 6.45) is 0. The van der Waals surface area contributed by atoms with Crippen LogP contribution in [0.2, 0.25) is 0 Å². The van der Waals surface area contributed by atoms with Gasteiger partial charge in [0.2, 0.25) is 0 Å². The van der Waals surface area contributed by atoms with Gasteiger partial charge in [-0.3, -0.25) is 5.41 Å². The van der Waals surface area contributed by atoms with E-state index < -0.39 is 0 Å². The lowest BCUT2D eigenvalue weighted by molar-refractivity contribution is 0.476.